The summed E-state index contributed by atoms with van der Waals surface area (Å²) in [6.07, 6.45) is 0.110. The van der Waals surface area contributed by atoms with Crippen LogP contribution in [0.5, 0.6) is 0 Å². The molecule has 1 fully saturated rings. The lowest BCUT2D eigenvalue weighted by Gasteiger charge is -2.32. The number of halogens is 3. The van der Waals surface area contributed by atoms with E-state index in [1.54, 1.807) is 17.9 Å². The van der Waals surface area contributed by atoms with Gasteiger partial charge < -0.3 is 9.32 Å². The van der Waals surface area contributed by atoms with Crippen molar-refractivity contribution in [2.75, 3.05) is 13.1 Å². The second-order valence-corrected chi connectivity index (χ2v) is 6.76. The van der Waals surface area contributed by atoms with Gasteiger partial charge in [0.1, 0.15) is 0 Å². The van der Waals surface area contributed by atoms with Crippen LogP contribution in [0.15, 0.2) is 35.1 Å². The van der Waals surface area contributed by atoms with Crippen LogP contribution in [0.3, 0.4) is 0 Å². The van der Waals surface area contributed by atoms with Crippen molar-refractivity contribution in [3.05, 3.63) is 53.2 Å². The number of hydrogen-bond acceptors (Lipinski definition) is 3. The van der Waals surface area contributed by atoms with Gasteiger partial charge in [0.15, 0.2) is 6.39 Å². The molecule has 4 nitrogen and oxygen atoms in total. The minimum absolute atomic E-state index is 0.163. The fourth-order valence-electron chi connectivity index (χ4n) is 3.41. The molecule has 26 heavy (non-hydrogen) atoms. The molecule has 1 amide bonds. The largest absolute Gasteiger partial charge is 0.438 e. The molecule has 0 saturated carbocycles. The van der Waals surface area contributed by atoms with Crippen molar-refractivity contribution < 1.29 is 22.4 Å². The highest BCUT2D eigenvalue weighted by Crippen LogP contribution is 2.30. The minimum Gasteiger partial charge on any atom is -0.438 e. The molecular formula is C19H21F3N2O2. The molecular weight excluding hydrogens is 345 g/mol. The Labute approximate surface area is 150 Å². The summed E-state index contributed by atoms with van der Waals surface area (Å²) >= 11 is 0. The summed E-state index contributed by atoms with van der Waals surface area (Å²) in [7, 11) is 0. The number of piperidine rings is 1. The maximum atomic E-state index is 12.8. The van der Waals surface area contributed by atoms with E-state index < -0.39 is 11.7 Å². The molecule has 1 atom stereocenters. The Kier molecular flexibility index (Phi) is 5.34. The number of likely N-dealkylation sites (tertiary alicyclic amines) is 1. The first kappa shape index (κ1) is 18.5. The molecule has 1 aromatic carbocycles. The molecule has 0 radical (unpaired) electrons. The van der Waals surface area contributed by atoms with Gasteiger partial charge in [-0.15, -0.1) is 0 Å². The van der Waals surface area contributed by atoms with Crippen LogP contribution in [0.1, 0.15) is 46.6 Å². The molecule has 3 rings (SSSR count). The normalized spacial score (nSPS) is 18.2. The van der Waals surface area contributed by atoms with Crippen LogP contribution in [-0.4, -0.2) is 28.9 Å². The van der Waals surface area contributed by atoms with E-state index in [1.165, 1.54) is 18.5 Å². The van der Waals surface area contributed by atoms with Gasteiger partial charge >= 0.3 is 6.18 Å². The molecule has 0 spiro atoms. The van der Waals surface area contributed by atoms with Crippen molar-refractivity contribution in [1.29, 1.82) is 0 Å². The average molecular weight is 366 g/mol. The Morgan fingerprint density at radius 2 is 2.19 bits per heavy atom. The molecule has 0 N–H and O–H groups in total. The summed E-state index contributed by atoms with van der Waals surface area (Å²) in [6, 6.07) is 5.47. The number of amides is 1. The standard InChI is InChI=1S/C19H21F3N2O2/c1-13-17(26-12-23-13)18(25)24-9-3-5-15(11-24)8-7-14-4-2-6-16(10-14)19(20,21)22/h2,4,6,10,12,15H,3,5,7-9,11H2,1H3/t15-/m0/s1. The van der Waals surface area contributed by atoms with E-state index in [0.29, 0.717) is 30.8 Å². The summed E-state index contributed by atoms with van der Waals surface area (Å²) < 4.78 is 43.6. The Morgan fingerprint density at radius 1 is 1.38 bits per heavy atom. The molecule has 1 aliphatic heterocycles. The smallest absolute Gasteiger partial charge is 0.416 e. The van der Waals surface area contributed by atoms with Gasteiger partial charge in [-0.05, 0) is 50.2 Å². The number of carbonyl (C=O) groups is 1. The van der Waals surface area contributed by atoms with E-state index in [-0.39, 0.29) is 17.6 Å². The highest BCUT2D eigenvalue weighted by atomic mass is 19.4. The average Bonchev–Trinajstić information content (AvgIpc) is 3.05. The summed E-state index contributed by atoms with van der Waals surface area (Å²) in [5.41, 5.74) is 0.631. The first-order valence-electron chi connectivity index (χ1n) is 8.70. The zero-order chi connectivity index (χ0) is 18.7. The van der Waals surface area contributed by atoms with Crippen molar-refractivity contribution in [3.63, 3.8) is 0 Å². The van der Waals surface area contributed by atoms with E-state index in [4.69, 9.17) is 4.42 Å². The lowest BCUT2D eigenvalue weighted by Crippen LogP contribution is -2.40. The van der Waals surface area contributed by atoms with Gasteiger partial charge in [0.25, 0.3) is 5.91 Å². The third-order valence-corrected chi connectivity index (χ3v) is 4.84. The molecule has 2 aromatic rings. The van der Waals surface area contributed by atoms with Crippen LogP contribution in [-0.2, 0) is 12.6 Å². The predicted octanol–water partition coefficient (Wildman–Crippen LogP) is 4.49. The maximum absolute atomic E-state index is 12.8. The number of aromatic nitrogens is 1. The molecule has 140 valence electrons. The highest BCUT2D eigenvalue weighted by Gasteiger charge is 2.31. The second kappa shape index (κ2) is 7.51. The van der Waals surface area contributed by atoms with Crippen LogP contribution < -0.4 is 0 Å². The molecule has 0 aliphatic carbocycles. The molecule has 0 unspecified atom stereocenters. The fourth-order valence-corrected chi connectivity index (χ4v) is 3.41. The van der Waals surface area contributed by atoms with Gasteiger partial charge in [-0.3, -0.25) is 4.79 Å². The summed E-state index contributed by atoms with van der Waals surface area (Å²) in [6.45, 7) is 2.99. The van der Waals surface area contributed by atoms with Crippen molar-refractivity contribution >= 4 is 5.91 Å². The van der Waals surface area contributed by atoms with E-state index in [2.05, 4.69) is 4.98 Å². The van der Waals surface area contributed by atoms with Crippen LogP contribution in [0.4, 0.5) is 13.2 Å². The van der Waals surface area contributed by atoms with Crippen molar-refractivity contribution in [3.8, 4) is 0 Å². The number of benzene rings is 1. The zero-order valence-corrected chi connectivity index (χ0v) is 14.6. The van der Waals surface area contributed by atoms with Gasteiger partial charge in [-0.1, -0.05) is 18.2 Å². The van der Waals surface area contributed by atoms with Crippen LogP contribution >= 0.6 is 0 Å². The third kappa shape index (κ3) is 4.26. The maximum Gasteiger partial charge on any atom is 0.416 e. The van der Waals surface area contributed by atoms with Gasteiger partial charge in [0.2, 0.25) is 5.76 Å². The minimum atomic E-state index is -4.32. The number of hydrogen-bond donors (Lipinski definition) is 0. The third-order valence-electron chi connectivity index (χ3n) is 4.84. The first-order chi connectivity index (χ1) is 12.3. The number of rotatable bonds is 4. The second-order valence-electron chi connectivity index (χ2n) is 6.76. The lowest BCUT2D eigenvalue weighted by atomic mass is 9.91. The SMILES string of the molecule is Cc1ncoc1C(=O)N1CCC[C@@H](CCc2cccc(C(F)(F)F)c2)C1. The number of oxazole rings is 1. The zero-order valence-electron chi connectivity index (χ0n) is 14.6. The number of nitrogens with zero attached hydrogens (tertiary/aromatic N) is 2. The topological polar surface area (TPSA) is 46.3 Å². The molecule has 7 heteroatoms. The molecule has 2 heterocycles. The van der Waals surface area contributed by atoms with Crippen molar-refractivity contribution in [2.24, 2.45) is 5.92 Å². The number of aryl methyl sites for hydroxylation is 2. The van der Waals surface area contributed by atoms with Crippen LogP contribution in [0, 0.1) is 12.8 Å². The molecule has 1 aliphatic rings. The monoisotopic (exact) mass is 366 g/mol. The van der Waals surface area contributed by atoms with E-state index in [9.17, 15) is 18.0 Å². The summed E-state index contributed by atoms with van der Waals surface area (Å²) in [5.74, 6) is 0.373. The van der Waals surface area contributed by atoms with Crippen molar-refractivity contribution in [1.82, 2.24) is 9.88 Å². The highest BCUT2D eigenvalue weighted by molar-refractivity contribution is 5.92. The van der Waals surface area contributed by atoms with Crippen molar-refractivity contribution in [2.45, 2.75) is 38.8 Å². The van der Waals surface area contributed by atoms with E-state index >= 15 is 0 Å². The number of alkyl halides is 3. The van der Waals surface area contributed by atoms with Gasteiger partial charge in [-0.2, -0.15) is 13.2 Å². The molecule has 0 bridgehead atoms. The Balaban J connectivity index is 1.59. The first-order valence-corrected chi connectivity index (χ1v) is 8.70. The molecule has 1 aromatic heterocycles. The Morgan fingerprint density at radius 3 is 2.88 bits per heavy atom. The Bertz CT molecular complexity index is 770. The lowest BCUT2D eigenvalue weighted by molar-refractivity contribution is -0.137. The van der Waals surface area contributed by atoms with Gasteiger partial charge in [0, 0.05) is 13.1 Å². The van der Waals surface area contributed by atoms with E-state index in [1.807, 2.05) is 0 Å². The summed E-state index contributed by atoms with van der Waals surface area (Å²) in [5, 5.41) is 0. The van der Waals surface area contributed by atoms with Gasteiger partial charge in [0.05, 0.1) is 11.3 Å². The van der Waals surface area contributed by atoms with Gasteiger partial charge in [-0.25, -0.2) is 4.98 Å². The van der Waals surface area contributed by atoms with E-state index in [0.717, 1.165) is 25.3 Å². The number of carbonyl (C=O) groups excluding carboxylic acids is 1. The predicted molar refractivity (Wildman–Crippen MR) is 89.6 cm³/mol. The summed E-state index contributed by atoms with van der Waals surface area (Å²) in [4.78, 5) is 18.2. The van der Waals surface area contributed by atoms with Crippen LogP contribution in [0.2, 0.25) is 0 Å². The van der Waals surface area contributed by atoms with Crippen LogP contribution in [0.25, 0.3) is 0 Å². The molecule has 1 saturated heterocycles. The Hall–Kier alpha value is -2.31. The quantitative estimate of drug-likeness (QED) is 0.801. The fraction of sp³-hybridized carbons (Fsp3) is 0.474.